The summed E-state index contributed by atoms with van der Waals surface area (Å²) in [6, 6.07) is 17.0. The van der Waals surface area contributed by atoms with Crippen LogP contribution in [0.25, 0.3) is 0 Å². The third kappa shape index (κ3) is 6.17. The first kappa shape index (κ1) is 20.6. The summed E-state index contributed by atoms with van der Waals surface area (Å²) in [7, 11) is -3.28. The van der Waals surface area contributed by atoms with Crippen molar-refractivity contribution in [3.63, 3.8) is 0 Å². The molecule has 1 saturated heterocycles. The first-order valence-electron chi connectivity index (χ1n) is 9.76. The molecular formula is C22H28N2O3S. The first-order chi connectivity index (χ1) is 13.4. The Hall–Kier alpha value is -2.18. The van der Waals surface area contributed by atoms with Crippen LogP contribution in [0.1, 0.15) is 24.8 Å². The number of benzene rings is 2. The number of carbonyl (C=O) groups is 1. The van der Waals surface area contributed by atoms with Crippen LogP contribution < -0.4 is 5.32 Å². The number of nitrogens with one attached hydrogen (secondary N) is 1. The van der Waals surface area contributed by atoms with Crippen LogP contribution in [0.3, 0.4) is 0 Å². The van der Waals surface area contributed by atoms with Gasteiger partial charge in [0.1, 0.15) is 0 Å². The molecule has 0 radical (unpaired) electrons. The third-order valence-electron chi connectivity index (χ3n) is 5.30. The number of piperidine rings is 1. The normalized spacial score (nSPS) is 16.0. The lowest BCUT2D eigenvalue weighted by Gasteiger charge is -2.31. The van der Waals surface area contributed by atoms with Gasteiger partial charge in [-0.25, -0.2) is 8.42 Å². The monoisotopic (exact) mass is 400 g/mol. The summed E-state index contributed by atoms with van der Waals surface area (Å²) < 4.78 is 23.3. The standard InChI is InChI=1S/C22H28N2O3S/c1-28(26,27)21-9-5-8-20(16-21)23-22(25)17-24-14-12-19(13-15-24)11-10-18-6-3-2-4-7-18/h2-9,16,19H,10-15,17H2,1H3,(H,23,25). The van der Waals surface area contributed by atoms with Crippen LogP contribution in [-0.2, 0) is 21.1 Å². The van der Waals surface area contributed by atoms with E-state index in [1.807, 2.05) is 6.07 Å². The number of rotatable bonds is 7. The van der Waals surface area contributed by atoms with E-state index in [0.717, 1.165) is 38.6 Å². The molecule has 28 heavy (non-hydrogen) atoms. The van der Waals surface area contributed by atoms with Crippen molar-refractivity contribution >= 4 is 21.4 Å². The van der Waals surface area contributed by atoms with E-state index in [9.17, 15) is 13.2 Å². The highest BCUT2D eigenvalue weighted by atomic mass is 32.2. The fourth-order valence-corrected chi connectivity index (χ4v) is 4.32. The minimum Gasteiger partial charge on any atom is -0.325 e. The van der Waals surface area contributed by atoms with Crippen LogP contribution in [0, 0.1) is 5.92 Å². The number of likely N-dealkylation sites (tertiary alicyclic amines) is 1. The molecule has 3 rings (SSSR count). The van der Waals surface area contributed by atoms with Gasteiger partial charge in [-0.05, 0) is 68.5 Å². The van der Waals surface area contributed by atoms with Crippen molar-refractivity contribution in [2.45, 2.75) is 30.6 Å². The van der Waals surface area contributed by atoms with E-state index in [2.05, 4.69) is 34.5 Å². The molecule has 0 aromatic heterocycles. The second-order valence-corrected chi connectivity index (χ2v) is 9.61. The molecule has 2 aromatic rings. The van der Waals surface area contributed by atoms with E-state index in [1.54, 1.807) is 12.1 Å². The Morgan fingerprint density at radius 2 is 1.79 bits per heavy atom. The predicted molar refractivity (Wildman–Crippen MR) is 112 cm³/mol. The van der Waals surface area contributed by atoms with E-state index in [0.29, 0.717) is 18.2 Å². The maximum atomic E-state index is 12.3. The Balaban J connectivity index is 1.42. The van der Waals surface area contributed by atoms with E-state index in [4.69, 9.17) is 0 Å². The Morgan fingerprint density at radius 3 is 2.46 bits per heavy atom. The fourth-order valence-electron chi connectivity index (χ4n) is 3.66. The van der Waals surface area contributed by atoms with Crippen molar-refractivity contribution in [1.82, 2.24) is 4.90 Å². The molecule has 0 aliphatic carbocycles. The van der Waals surface area contributed by atoms with Gasteiger partial charge in [0, 0.05) is 11.9 Å². The zero-order valence-corrected chi connectivity index (χ0v) is 17.1. The Labute approximate surface area is 167 Å². The smallest absolute Gasteiger partial charge is 0.238 e. The molecule has 1 N–H and O–H groups in total. The lowest BCUT2D eigenvalue weighted by Crippen LogP contribution is -2.39. The highest BCUT2D eigenvalue weighted by Crippen LogP contribution is 2.22. The van der Waals surface area contributed by atoms with Gasteiger partial charge < -0.3 is 5.32 Å². The van der Waals surface area contributed by atoms with Crippen LogP contribution in [0.2, 0.25) is 0 Å². The molecule has 1 amide bonds. The summed E-state index contributed by atoms with van der Waals surface area (Å²) in [4.78, 5) is 14.7. The highest BCUT2D eigenvalue weighted by molar-refractivity contribution is 7.90. The molecular weight excluding hydrogens is 372 g/mol. The summed E-state index contributed by atoms with van der Waals surface area (Å²) >= 11 is 0. The molecule has 5 nitrogen and oxygen atoms in total. The van der Waals surface area contributed by atoms with E-state index < -0.39 is 9.84 Å². The van der Waals surface area contributed by atoms with Gasteiger partial charge in [0.05, 0.1) is 11.4 Å². The number of anilines is 1. The molecule has 1 aliphatic heterocycles. The summed E-state index contributed by atoms with van der Waals surface area (Å²) in [5.74, 6) is 0.611. The maximum absolute atomic E-state index is 12.3. The molecule has 1 fully saturated rings. The molecule has 1 aliphatic rings. The van der Waals surface area contributed by atoms with E-state index in [1.165, 1.54) is 24.1 Å². The molecule has 0 atom stereocenters. The van der Waals surface area contributed by atoms with Crippen LogP contribution in [0.15, 0.2) is 59.5 Å². The molecule has 150 valence electrons. The van der Waals surface area contributed by atoms with Gasteiger partial charge in [0.2, 0.25) is 5.91 Å². The Kier molecular flexibility index (Phi) is 6.86. The molecule has 2 aromatic carbocycles. The SMILES string of the molecule is CS(=O)(=O)c1cccc(NC(=O)CN2CCC(CCc3ccccc3)CC2)c1. The first-order valence-corrected chi connectivity index (χ1v) is 11.7. The van der Waals surface area contributed by atoms with E-state index >= 15 is 0 Å². The fraction of sp³-hybridized carbons (Fsp3) is 0.409. The van der Waals surface area contributed by atoms with Crippen molar-refractivity contribution in [2.75, 3.05) is 31.2 Å². The minimum atomic E-state index is -3.28. The van der Waals surface area contributed by atoms with Gasteiger partial charge in [-0.3, -0.25) is 9.69 Å². The van der Waals surface area contributed by atoms with Crippen LogP contribution in [0.5, 0.6) is 0 Å². The van der Waals surface area contributed by atoms with Gasteiger partial charge in [0.25, 0.3) is 0 Å². The summed E-state index contributed by atoms with van der Waals surface area (Å²) in [6.07, 6.45) is 5.70. The molecule has 1 heterocycles. The quantitative estimate of drug-likeness (QED) is 0.774. The number of aryl methyl sites for hydroxylation is 1. The Morgan fingerprint density at radius 1 is 1.07 bits per heavy atom. The van der Waals surface area contributed by atoms with Crippen molar-refractivity contribution in [3.05, 3.63) is 60.2 Å². The van der Waals surface area contributed by atoms with Crippen molar-refractivity contribution in [1.29, 1.82) is 0 Å². The van der Waals surface area contributed by atoms with Crippen molar-refractivity contribution in [2.24, 2.45) is 5.92 Å². The number of amides is 1. The molecule has 0 saturated carbocycles. The van der Waals surface area contributed by atoms with Crippen molar-refractivity contribution < 1.29 is 13.2 Å². The lowest BCUT2D eigenvalue weighted by atomic mass is 9.90. The maximum Gasteiger partial charge on any atom is 0.238 e. The van der Waals surface area contributed by atoms with Crippen LogP contribution in [0.4, 0.5) is 5.69 Å². The number of sulfone groups is 1. The average molecular weight is 401 g/mol. The summed E-state index contributed by atoms with van der Waals surface area (Å²) in [6.45, 7) is 2.20. The van der Waals surface area contributed by atoms with Crippen LogP contribution in [-0.4, -0.2) is 45.1 Å². The number of nitrogens with zero attached hydrogens (tertiary/aromatic N) is 1. The van der Waals surface area contributed by atoms with Gasteiger partial charge in [0.15, 0.2) is 9.84 Å². The predicted octanol–water partition coefficient (Wildman–Crippen LogP) is 3.37. The molecule has 6 heteroatoms. The highest BCUT2D eigenvalue weighted by Gasteiger charge is 2.21. The topological polar surface area (TPSA) is 66.5 Å². The van der Waals surface area contributed by atoms with Gasteiger partial charge in [-0.15, -0.1) is 0 Å². The van der Waals surface area contributed by atoms with E-state index in [-0.39, 0.29) is 10.8 Å². The lowest BCUT2D eigenvalue weighted by molar-refractivity contribution is -0.117. The van der Waals surface area contributed by atoms with Gasteiger partial charge >= 0.3 is 0 Å². The largest absolute Gasteiger partial charge is 0.325 e. The second kappa shape index (κ2) is 9.34. The number of carbonyl (C=O) groups excluding carboxylic acids is 1. The number of hydrogen-bond acceptors (Lipinski definition) is 4. The van der Waals surface area contributed by atoms with Gasteiger partial charge in [-0.1, -0.05) is 36.4 Å². The van der Waals surface area contributed by atoms with Crippen molar-refractivity contribution in [3.8, 4) is 0 Å². The minimum absolute atomic E-state index is 0.103. The molecule has 0 unspecified atom stereocenters. The summed E-state index contributed by atoms with van der Waals surface area (Å²) in [5, 5.41) is 2.81. The zero-order chi connectivity index (χ0) is 20.0. The average Bonchev–Trinajstić information content (AvgIpc) is 2.68. The molecule has 0 bridgehead atoms. The zero-order valence-electron chi connectivity index (χ0n) is 16.3. The Bertz CT molecular complexity index is 889. The second-order valence-electron chi connectivity index (χ2n) is 7.59. The van der Waals surface area contributed by atoms with Gasteiger partial charge in [-0.2, -0.15) is 0 Å². The third-order valence-corrected chi connectivity index (χ3v) is 6.41. The number of hydrogen-bond donors (Lipinski definition) is 1. The van der Waals surface area contributed by atoms with Crippen LogP contribution >= 0.6 is 0 Å². The molecule has 0 spiro atoms. The summed E-state index contributed by atoms with van der Waals surface area (Å²) in [5.41, 5.74) is 1.91.